The zero-order chi connectivity index (χ0) is 3.41. The van der Waals surface area contributed by atoms with Crippen molar-refractivity contribution < 1.29 is 0 Å². The van der Waals surface area contributed by atoms with E-state index in [9.17, 15) is 0 Å². The van der Waals surface area contributed by atoms with Gasteiger partial charge in [-0.25, -0.2) is 0 Å². The van der Waals surface area contributed by atoms with Crippen LogP contribution in [-0.4, -0.2) is 5.75 Å². The Bertz CT molecular complexity index is 5.25. The van der Waals surface area contributed by atoms with Gasteiger partial charge in [-0.2, -0.15) is 5.75 Å². The molecular formula is C3H7S-. The molecule has 0 aliphatic heterocycles. The zero-order valence-corrected chi connectivity index (χ0v) is 3.64. The molecule has 0 amide bonds. The predicted molar refractivity (Wildman–Crippen MR) is 22.5 cm³/mol. The van der Waals surface area contributed by atoms with Crippen molar-refractivity contribution >= 4 is 12.6 Å². The Morgan fingerprint density at radius 2 is 2.00 bits per heavy atom. The molecular weight excluding hydrogens is 68.1 g/mol. The Morgan fingerprint density at radius 3 is 2.00 bits per heavy atom. The smallest absolute Gasteiger partial charge is 0.0672 e. The molecule has 0 heterocycles. The van der Waals surface area contributed by atoms with Crippen molar-refractivity contribution in [1.82, 2.24) is 0 Å². The van der Waals surface area contributed by atoms with Gasteiger partial charge in [-0.05, 0) is 0 Å². The lowest BCUT2D eigenvalue weighted by atomic mass is 10.6. The molecule has 0 bridgehead atoms. The number of rotatable bonds is 1. The molecule has 0 fully saturated rings. The van der Waals surface area contributed by atoms with E-state index in [1.54, 1.807) is 0 Å². The fraction of sp³-hybridized carbons (Fsp3) is 1.00. The van der Waals surface area contributed by atoms with E-state index < -0.39 is 0 Å². The predicted octanol–water partition coefficient (Wildman–Crippen LogP) is 0.943. The third kappa shape index (κ3) is 2.35. The maximum atomic E-state index is 4.55. The van der Waals surface area contributed by atoms with Gasteiger partial charge in [0.2, 0.25) is 0 Å². The summed E-state index contributed by atoms with van der Waals surface area (Å²) >= 11 is 4.55. The van der Waals surface area contributed by atoms with Crippen LogP contribution in [-0.2, 0) is 12.6 Å². The van der Waals surface area contributed by atoms with Crippen LogP contribution in [0.15, 0.2) is 0 Å². The van der Waals surface area contributed by atoms with Crippen LogP contribution in [0.5, 0.6) is 0 Å². The highest BCUT2D eigenvalue weighted by Crippen LogP contribution is 1.63. The second-order valence-corrected chi connectivity index (χ2v) is 1.11. The van der Waals surface area contributed by atoms with E-state index in [1.165, 1.54) is 0 Å². The Hall–Kier alpha value is 0.350. The van der Waals surface area contributed by atoms with Gasteiger partial charge in [0.1, 0.15) is 0 Å². The lowest BCUT2D eigenvalue weighted by Gasteiger charge is -1.89. The quantitative estimate of drug-likeness (QED) is 0.418. The van der Waals surface area contributed by atoms with Crippen molar-refractivity contribution in [2.45, 2.75) is 13.3 Å². The molecule has 0 saturated carbocycles. The van der Waals surface area contributed by atoms with Gasteiger partial charge in [-0.3, -0.25) is 0 Å². The maximum Gasteiger partial charge on any atom is -0.0672 e. The second kappa shape index (κ2) is 3.35. The summed E-state index contributed by atoms with van der Waals surface area (Å²) in [6, 6.07) is 0. The average molecular weight is 75.2 g/mol. The first-order chi connectivity index (χ1) is 1.91. The molecule has 0 aromatic heterocycles. The molecule has 0 unspecified atom stereocenters. The van der Waals surface area contributed by atoms with Crippen LogP contribution >= 0.6 is 0 Å². The van der Waals surface area contributed by atoms with Gasteiger partial charge in [0, 0.05) is 0 Å². The molecule has 0 nitrogen and oxygen atoms in total. The molecule has 0 N–H and O–H groups in total. The first-order valence-electron chi connectivity index (χ1n) is 1.50. The van der Waals surface area contributed by atoms with Crippen LogP contribution in [0.3, 0.4) is 0 Å². The van der Waals surface area contributed by atoms with Crippen molar-refractivity contribution in [3.8, 4) is 0 Å². The Balaban J connectivity index is 1.97. The molecule has 0 radical (unpaired) electrons. The molecule has 0 spiro atoms. The normalized spacial score (nSPS) is 7.50. The van der Waals surface area contributed by atoms with Gasteiger partial charge in [0.15, 0.2) is 0 Å². The molecule has 0 rings (SSSR count). The van der Waals surface area contributed by atoms with Crippen LogP contribution in [0.25, 0.3) is 0 Å². The first kappa shape index (κ1) is 4.35. The molecule has 0 atom stereocenters. The summed E-state index contributed by atoms with van der Waals surface area (Å²) in [6.45, 7) is 2.08. The monoisotopic (exact) mass is 75.0 g/mol. The van der Waals surface area contributed by atoms with Crippen LogP contribution in [0.2, 0.25) is 0 Å². The Labute approximate surface area is 32.6 Å². The highest BCUT2D eigenvalue weighted by Gasteiger charge is 1.44. The lowest BCUT2D eigenvalue weighted by molar-refractivity contribution is 1.11. The second-order valence-electron chi connectivity index (χ2n) is 0.704. The van der Waals surface area contributed by atoms with Gasteiger partial charge < -0.3 is 12.6 Å². The van der Waals surface area contributed by atoms with Crippen molar-refractivity contribution in [3.05, 3.63) is 0 Å². The fourth-order valence-electron chi connectivity index (χ4n) is 0. The van der Waals surface area contributed by atoms with E-state index in [1.807, 2.05) is 0 Å². The highest BCUT2D eigenvalue weighted by molar-refractivity contribution is 7.58. The van der Waals surface area contributed by atoms with Crippen molar-refractivity contribution in [3.63, 3.8) is 0 Å². The third-order valence-electron chi connectivity index (χ3n) is 0.204. The molecule has 0 aromatic rings. The van der Waals surface area contributed by atoms with Crippen molar-refractivity contribution in [2.75, 3.05) is 5.75 Å². The molecule has 0 aromatic carbocycles. The van der Waals surface area contributed by atoms with Crippen molar-refractivity contribution in [2.24, 2.45) is 0 Å². The topological polar surface area (TPSA) is 0 Å². The molecule has 26 valence electrons. The first-order valence-corrected chi connectivity index (χ1v) is 2.07. The van der Waals surface area contributed by atoms with Crippen molar-refractivity contribution in [1.29, 1.82) is 0 Å². The van der Waals surface area contributed by atoms with E-state index in [0.29, 0.717) is 0 Å². The van der Waals surface area contributed by atoms with Gasteiger partial charge in [-0.1, -0.05) is 13.3 Å². The van der Waals surface area contributed by atoms with Crippen LogP contribution in [0.4, 0.5) is 0 Å². The Kier molecular flexibility index (Phi) is 3.64. The van der Waals surface area contributed by atoms with E-state index in [-0.39, 0.29) is 0 Å². The van der Waals surface area contributed by atoms with E-state index in [0.717, 1.165) is 12.2 Å². The third-order valence-corrected chi connectivity index (χ3v) is 0.612. The minimum Gasteiger partial charge on any atom is -0.793 e. The molecule has 0 aliphatic rings. The summed E-state index contributed by atoms with van der Waals surface area (Å²) in [4.78, 5) is 0. The summed E-state index contributed by atoms with van der Waals surface area (Å²) in [5.41, 5.74) is 0. The number of hydrogen-bond acceptors (Lipinski definition) is 1. The van der Waals surface area contributed by atoms with Gasteiger partial charge in [-0.15, -0.1) is 0 Å². The highest BCUT2D eigenvalue weighted by atomic mass is 32.1. The van der Waals surface area contributed by atoms with E-state index in [2.05, 4.69) is 19.6 Å². The fourth-order valence-corrected chi connectivity index (χ4v) is 0. The van der Waals surface area contributed by atoms with Crippen LogP contribution in [0.1, 0.15) is 13.3 Å². The zero-order valence-electron chi connectivity index (χ0n) is 2.82. The summed E-state index contributed by atoms with van der Waals surface area (Å²) in [7, 11) is 0. The van der Waals surface area contributed by atoms with E-state index in [4.69, 9.17) is 0 Å². The van der Waals surface area contributed by atoms with Gasteiger partial charge in [0.05, 0.1) is 0 Å². The molecule has 1 heteroatoms. The summed E-state index contributed by atoms with van der Waals surface area (Å²) < 4.78 is 0. The van der Waals surface area contributed by atoms with Gasteiger partial charge >= 0.3 is 0 Å². The largest absolute Gasteiger partial charge is 0.793 e. The minimum atomic E-state index is 0.903. The molecule has 0 aliphatic carbocycles. The summed E-state index contributed by atoms with van der Waals surface area (Å²) in [6.07, 6.45) is 1.13. The van der Waals surface area contributed by atoms with E-state index >= 15 is 0 Å². The van der Waals surface area contributed by atoms with Crippen LogP contribution < -0.4 is 0 Å². The maximum absolute atomic E-state index is 4.55. The van der Waals surface area contributed by atoms with Gasteiger partial charge in [0.25, 0.3) is 0 Å². The van der Waals surface area contributed by atoms with Crippen LogP contribution in [0, 0.1) is 0 Å². The molecule has 0 saturated heterocycles. The SMILES string of the molecule is CCC[S-]. The summed E-state index contributed by atoms with van der Waals surface area (Å²) in [5, 5.41) is 0. The summed E-state index contributed by atoms with van der Waals surface area (Å²) in [5.74, 6) is 0.903. The molecule has 4 heavy (non-hydrogen) atoms. The lowest BCUT2D eigenvalue weighted by Crippen LogP contribution is -1.64. The average Bonchev–Trinajstić information content (AvgIpc) is 1.37. The Morgan fingerprint density at radius 1 is 1.75 bits per heavy atom. The minimum absolute atomic E-state index is 0.903. The number of hydrogen-bond donors (Lipinski definition) is 0. The standard InChI is InChI=1S/C3H8S/c1-2-3-4/h4H,2-3H2,1H3/p-1.